The highest BCUT2D eigenvalue weighted by molar-refractivity contribution is 5.83. The van der Waals surface area contributed by atoms with E-state index in [1.807, 2.05) is 0 Å². The van der Waals surface area contributed by atoms with Crippen LogP contribution in [0.2, 0.25) is 0 Å². The van der Waals surface area contributed by atoms with Gasteiger partial charge in [-0.1, -0.05) is 121 Å². The molecule has 0 aliphatic heterocycles. The summed E-state index contributed by atoms with van der Waals surface area (Å²) in [7, 11) is 0. The Balaban J connectivity index is 1.51. The molecule has 194 valence electrons. The average Bonchev–Trinajstić information content (AvgIpc) is 2.99. The highest BCUT2D eigenvalue weighted by Crippen LogP contribution is 2.37. The average molecular weight is 515 g/mol. The molecule has 0 spiro atoms. The van der Waals surface area contributed by atoms with Gasteiger partial charge in [-0.2, -0.15) is 0 Å². The minimum Gasteiger partial charge on any atom is -0.0622 e. The Hall–Kier alpha value is -4.68. The molecule has 6 aromatic carbocycles. The van der Waals surface area contributed by atoms with Crippen molar-refractivity contribution in [2.24, 2.45) is 0 Å². The Morgan fingerprint density at radius 1 is 0.350 bits per heavy atom. The number of hydrogen-bond donors (Lipinski definition) is 0. The van der Waals surface area contributed by atoms with Crippen LogP contribution in [0, 0.1) is 20.8 Å². The van der Waals surface area contributed by atoms with E-state index in [0.29, 0.717) is 0 Å². The standard InChI is InChI=1S/C40H34/c1-28-12-10-11-17-37(28)38-26-34(21-19-29(38)2)35-22-23-36(24-31-13-6-4-7-14-31)40(27-35)39-25-33(20-18-30(39)3)32-15-8-5-9-16-32/h4-23,25-27H,24H2,1-3H3. The quantitative estimate of drug-likeness (QED) is 0.207. The molecule has 0 fully saturated rings. The van der Waals surface area contributed by atoms with E-state index in [4.69, 9.17) is 0 Å². The Morgan fingerprint density at radius 2 is 0.825 bits per heavy atom. The van der Waals surface area contributed by atoms with Crippen LogP contribution >= 0.6 is 0 Å². The molecule has 6 rings (SSSR count). The molecule has 0 heterocycles. The first-order chi connectivity index (χ1) is 19.6. The first kappa shape index (κ1) is 25.6. The minimum atomic E-state index is 0.897. The fourth-order valence-electron chi connectivity index (χ4n) is 5.67. The third kappa shape index (κ3) is 5.26. The smallest absolute Gasteiger partial charge is 0.00196 e. The summed E-state index contributed by atoms with van der Waals surface area (Å²) in [6.07, 6.45) is 0.897. The van der Waals surface area contributed by atoms with Crippen molar-refractivity contribution in [1.29, 1.82) is 0 Å². The molecule has 40 heavy (non-hydrogen) atoms. The molecule has 0 nitrogen and oxygen atoms in total. The van der Waals surface area contributed by atoms with Crippen LogP contribution in [-0.2, 0) is 6.42 Å². The van der Waals surface area contributed by atoms with Crippen LogP contribution < -0.4 is 0 Å². The lowest BCUT2D eigenvalue weighted by Crippen LogP contribution is -1.96. The van der Waals surface area contributed by atoms with Gasteiger partial charge in [0.25, 0.3) is 0 Å². The monoisotopic (exact) mass is 514 g/mol. The van der Waals surface area contributed by atoms with Crippen LogP contribution in [0.15, 0.2) is 140 Å². The molecule has 0 saturated carbocycles. The summed E-state index contributed by atoms with van der Waals surface area (Å²) in [5, 5.41) is 0. The Bertz CT molecular complexity index is 1780. The lowest BCUT2D eigenvalue weighted by Gasteiger charge is -2.17. The van der Waals surface area contributed by atoms with Gasteiger partial charge in [0.1, 0.15) is 0 Å². The topological polar surface area (TPSA) is 0 Å². The zero-order chi connectivity index (χ0) is 27.5. The van der Waals surface area contributed by atoms with E-state index in [2.05, 4.69) is 160 Å². The molecule has 0 atom stereocenters. The summed E-state index contributed by atoms with van der Waals surface area (Å²) in [5.74, 6) is 0. The van der Waals surface area contributed by atoms with E-state index in [9.17, 15) is 0 Å². The van der Waals surface area contributed by atoms with E-state index in [0.717, 1.165) is 6.42 Å². The van der Waals surface area contributed by atoms with Crippen molar-refractivity contribution in [3.63, 3.8) is 0 Å². The van der Waals surface area contributed by atoms with Crippen LogP contribution in [-0.4, -0.2) is 0 Å². The predicted molar refractivity (Wildman–Crippen MR) is 172 cm³/mol. The molecule has 0 aliphatic rings. The molecule has 0 heteroatoms. The van der Waals surface area contributed by atoms with Gasteiger partial charge in [0.15, 0.2) is 0 Å². The fourth-order valence-corrected chi connectivity index (χ4v) is 5.67. The lowest BCUT2D eigenvalue weighted by atomic mass is 9.87. The van der Waals surface area contributed by atoms with Crippen molar-refractivity contribution < 1.29 is 0 Å². The summed E-state index contributed by atoms with van der Waals surface area (Å²) < 4.78 is 0. The highest BCUT2D eigenvalue weighted by atomic mass is 14.2. The molecule has 0 amide bonds. The molecule has 6 aromatic rings. The lowest BCUT2D eigenvalue weighted by molar-refractivity contribution is 1.19. The molecule has 0 radical (unpaired) electrons. The van der Waals surface area contributed by atoms with Gasteiger partial charge in [0, 0.05) is 0 Å². The van der Waals surface area contributed by atoms with Crippen molar-refractivity contribution in [3.05, 3.63) is 167 Å². The van der Waals surface area contributed by atoms with Gasteiger partial charge in [0.2, 0.25) is 0 Å². The molecule has 0 bridgehead atoms. The number of hydrogen-bond acceptors (Lipinski definition) is 0. The van der Waals surface area contributed by atoms with Crippen molar-refractivity contribution in [2.75, 3.05) is 0 Å². The maximum atomic E-state index is 2.40. The third-order valence-electron chi connectivity index (χ3n) is 7.99. The fraction of sp³-hybridized carbons (Fsp3) is 0.100. The van der Waals surface area contributed by atoms with Gasteiger partial charge >= 0.3 is 0 Å². The zero-order valence-corrected chi connectivity index (χ0v) is 23.5. The number of benzene rings is 6. The molecular formula is C40H34. The summed E-state index contributed by atoms with van der Waals surface area (Å²) >= 11 is 0. The van der Waals surface area contributed by atoms with Gasteiger partial charge in [-0.05, 0) is 118 Å². The second-order valence-electron chi connectivity index (χ2n) is 10.8. The van der Waals surface area contributed by atoms with Crippen LogP contribution in [0.4, 0.5) is 0 Å². The summed E-state index contributed by atoms with van der Waals surface area (Å²) in [5.41, 5.74) is 16.7. The maximum absolute atomic E-state index is 2.40. The van der Waals surface area contributed by atoms with Crippen molar-refractivity contribution in [2.45, 2.75) is 27.2 Å². The van der Waals surface area contributed by atoms with E-state index >= 15 is 0 Å². The SMILES string of the molecule is Cc1ccccc1-c1cc(-c2ccc(Cc3ccccc3)c(-c3cc(-c4ccccc4)ccc3C)c2)ccc1C. The predicted octanol–water partition coefficient (Wildman–Crippen LogP) is 10.9. The van der Waals surface area contributed by atoms with Crippen LogP contribution in [0.3, 0.4) is 0 Å². The van der Waals surface area contributed by atoms with Crippen LogP contribution in [0.25, 0.3) is 44.5 Å². The Kier molecular flexibility index (Phi) is 7.17. The molecular weight excluding hydrogens is 480 g/mol. The van der Waals surface area contributed by atoms with Gasteiger partial charge < -0.3 is 0 Å². The first-order valence-electron chi connectivity index (χ1n) is 14.1. The van der Waals surface area contributed by atoms with E-state index in [1.165, 1.54) is 72.3 Å². The van der Waals surface area contributed by atoms with E-state index in [-0.39, 0.29) is 0 Å². The molecule has 0 aromatic heterocycles. The summed E-state index contributed by atoms with van der Waals surface area (Å²) in [4.78, 5) is 0. The number of rotatable bonds is 6. The summed E-state index contributed by atoms with van der Waals surface area (Å²) in [6, 6.07) is 50.9. The summed E-state index contributed by atoms with van der Waals surface area (Å²) in [6.45, 7) is 6.63. The largest absolute Gasteiger partial charge is 0.0622 e. The van der Waals surface area contributed by atoms with Crippen LogP contribution in [0.1, 0.15) is 27.8 Å². The normalized spacial score (nSPS) is 11.0. The molecule has 0 aliphatic carbocycles. The van der Waals surface area contributed by atoms with Gasteiger partial charge in [-0.25, -0.2) is 0 Å². The maximum Gasteiger partial charge on any atom is -0.00196 e. The third-order valence-corrected chi connectivity index (χ3v) is 7.99. The number of aryl methyl sites for hydroxylation is 3. The minimum absolute atomic E-state index is 0.897. The van der Waals surface area contributed by atoms with Gasteiger partial charge in [-0.3, -0.25) is 0 Å². The molecule has 0 unspecified atom stereocenters. The van der Waals surface area contributed by atoms with E-state index < -0.39 is 0 Å². The second-order valence-corrected chi connectivity index (χ2v) is 10.8. The van der Waals surface area contributed by atoms with Gasteiger partial charge in [-0.15, -0.1) is 0 Å². The highest BCUT2D eigenvalue weighted by Gasteiger charge is 2.14. The zero-order valence-electron chi connectivity index (χ0n) is 23.5. The first-order valence-corrected chi connectivity index (χ1v) is 14.1. The molecule has 0 saturated heterocycles. The Morgan fingerprint density at radius 3 is 1.48 bits per heavy atom. The Labute approximate surface area is 238 Å². The second kappa shape index (κ2) is 11.2. The van der Waals surface area contributed by atoms with E-state index in [1.54, 1.807) is 0 Å². The molecule has 0 N–H and O–H groups in total. The van der Waals surface area contributed by atoms with Gasteiger partial charge in [0.05, 0.1) is 0 Å². The van der Waals surface area contributed by atoms with Crippen molar-refractivity contribution in [1.82, 2.24) is 0 Å². The van der Waals surface area contributed by atoms with Crippen molar-refractivity contribution >= 4 is 0 Å². The van der Waals surface area contributed by atoms with Crippen LogP contribution in [0.5, 0.6) is 0 Å². The van der Waals surface area contributed by atoms with Crippen molar-refractivity contribution in [3.8, 4) is 44.5 Å².